The molecule has 0 aliphatic heterocycles. The Hall–Kier alpha value is -2.13. The summed E-state index contributed by atoms with van der Waals surface area (Å²) < 4.78 is 5.71. The first-order valence-corrected chi connectivity index (χ1v) is 10.9. The molecule has 1 saturated carbocycles. The second-order valence-corrected chi connectivity index (χ2v) is 9.29. The molecule has 0 heterocycles. The molecular weight excluding hydrogens is 358 g/mol. The topological polar surface area (TPSA) is 29.5 Å². The van der Waals surface area contributed by atoms with E-state index in [0.29, 0.717) is 12.3 Å². The number of carbonyl (C=O) groups is 1. The second kappa shape index (κ2) is 9.58. The van der Waals surface area contributed by atoms with Gasteiger partial charge in [-0.05, 0) is 57.6 Å². The summed E-state index contributed by atoms with van der Waals surface area (Å²) in [4.78, 5) is 15.3. The van der Waals surface area contributed by atoms with Gasteiger partial charge >= 0.3 is 5.97 Å². The molecule has 3 nitrogen and oxygen atoms in total. The average Bonchev–Trinajstić information content (AvgIpc) is 2.64. The normalized spacial score (nSPS) is 16.9. The maximum Gasteiger partial charge on any atom is 0.307 e. The van der Waals surface area contributed by atoms with E-state index in [-0.39, 0.29) is 18.1 Å². The molecular formula is C26H35NO2. The molecule has 1 aliphatic rings. The predicted molar refractivity (Wildman–Crippen MR) is 118 cm³/mol. The first-order chi connectivity index (χ1) is 13.8. The van der Waals surface area contributed by atoms with E-state index >= 15 is 0 Å². The molecule has 0 radical (unpaired) electrons. The summed E-state index contributed by atoms with van der Waals surface area (Å²) in [6, 6.07) is 21.6. The van der Waals surface area contributed by atoms with E-state index in [2.05, 4.69) is 72.5 Å². The van der Waals surface area contributed by atoms with Gasteiger partial charge in [0.15, 0.2) is 0 Å². The van der Waals surface area contributed by atoms with Crippen LogP contribution >= 0.6 is 0 Å². The molecule has 3 heteroatoms. The SMILES string of the molecule is C[C@H](c1ccccc1)N(Cc1ccccc1)[C@@H](CC(=O)OC(C)(C)C)C1CCC1. The third kappa shape index (κ3) is 6.17. The van der Waals surface area contributed by atoms with Gasteiger partial charge in [0.2, 0.25) is 0 Å². The number of esters is 1. The third-order valence-corrected chi connectivity index (χ3v) is 5.90. The monoisotopic (exact) mass is 393 g/mol. The summed E-state index contributed by atoms with van der Waals surface area (Å²) >= 11 is 0. The number of nitrogens with zero attached hydrogens (tertiary/aromatic N) is 1. The van der Waals surface area contributed by atoms with Crippen molar-refractivity contribution in [3.8, 4) is 0 Å². The van der Waals surface area contributed by atoms with Crippen molar-refractivity contribution in [3.63, 3.8) is 0 Å². The van der Waals surface area contributed by atoms with Crippen molar-refractivity contribution in [3.05, 3.63) is 71.8 Å². The van der Waals surface area contributed by atoms with Crippen molar-refractivity contribution in [1.29, 1.82) is 0 Å². The van der Waals surface area contributed by atoms with E-state index in [1.165, 1.54) is 30.4 Å². The first kappa shape index (κ1) is 21.6. The van der Waals surface area contributed by atoms with Crippen molar-refractivity contribution < 1.29 is 9.53 Å². The number of ether oxygens (including phenoxy) is 1. The molecule has 0 aromatic heterocycles. The predicted octanol–water partition coefficient (Wildman–Crippen LogP) is 6.15. The Morgan fingerprint density at radius 3 is 2.14 bits per heavy atom. The Kier molecular flexibility index (Phi) is 7.13. The fourth-order valence-electron chi connectivity index (χ4n) is 4.19. The number of hydrogen-bond donors (Lipinski definition) is 0. The Labute approximate surface area is 176 Å². The summed E-state index contributed by atoms with van der Waals surface area (Å²) in [7, 11) is 0. The molecule has 0 saturated heterocycles. The lowest BCUT2D eigenvalue weighted by atomic mass is 9.77. The maximum absolute atomic E-state index is 12.8. The zero-order valence-corrected chi connectivity index (χ0v) is 18.3. The van der Waals surface area contributed by atoms with E-state index in [1.807, 2.05) is 20.8 Å². The number of hydrogen-bond acceptors (Lipinski definition) is 3. The van der Waals surface area contributed by atoms with E-state index in [9.17, 15) is 4.79 Å². The summed E-state index contributed by atoms with van der Waals surface area (Å²) in [5, 5.41) is 0. The minimum Gasteiger partial charge on any atom is -0.460 e. The molecule has 0 N–H and O–H groups in total. The molecule has 1 aliphatic carbocycles. The minimum absolute atomic E-state index is 0.0901. The molecule has 2 aromatic rings. The molecule has 1 fully saturated rings. The molecule has 29 heavy (non-hydrogen) atoms. The van der Waals surface area contributed by atoms with Gasteiger partial charge in [-0.1, -0.05) is 67.1 Å². The molecule has 0 unspecified atom stereocenters. The third-order valence-electron chi connectivity index (χ3n) is 5.90. The summed E-state index contributed by atoms with van der Waals surface area (Å²) in [6.07, 6.45) is 4.10. The zero-order valence-electron chi connectivity index (χ0n) is 18.3. The van der Waals surface area contributed by atoms with Crippen LogP contribution in [0, 0.1) is 5.92 Å². The van der Waals surface area contributed by atoms with E-state index in [4.69, 9.17) is 4.74 Å². The first-order valence-electron chi connectivity index (χ1n) is 10.9. The highest BCUT2D eigenvalue weighted by Gasteiger charge is 2.36. The van der Waals surface area contributed by atoms with Crippen LogP contribution in [0.2, 0.25) is 0 Å². The van der Waals surface area contributed by atoms with Crippen molar-refractivity contribution >= 4 is 5.97 Å². The van der Waals surface area contributed by atoms with E-state index < -0.39 is 5.60 Å². The lowest BCUT2D eigenvalue weighted by Gasteiger charge is -2.44. The van der Waals surface area contributed by atoms with Gasteiger partial charge in [0.25, 0.3) is 0 Å². The lowest BCUT2D eigenvalue weighted by molar-refractivity contribution is -0.157. The summed E-state index contributed by atoms with van der Waals surface area (Å²) in [6.45, 7) is 8.92. The van der Waals surface area contributed by atoms with Crippen molar-refractivity contribution in [2.24, 2.45) is 5.92 Å². The van der Waals surface area contributed by atoms with Gasteiger partial charge in [0, 0.05) is 18.6 Å². The molecule has 2 aromatic carbocycles. The lowest BCUT2D eigenvalue weighted by Crippen LogP contribution is -2.46. The fraction of sp³-hybridized carbons (Fsp3) is 0.500. The van der Waals surface area contributed by atoms with E-state index in [0.717, 1.165) is 6.54 Å². The number of carbonyl (C=O) groups excluding carboxylic acids is 1. The molecule has 3 rings (SSSR count). The van der Waals surface area contributed by atoms with Crippen LogP contribution in [-0.2, 0) is 16.1 Å². The van der Waals surface area contributed by atoms with E-state index in [1.54, 1.807) is 0 Å². The van der Waals surface area contributed by atoms with Crippen LogP contribution in [0.1, 0.15) is 70.5 Å². The second-order valence-electron chi connectivity index (χ2n) is 9.29. The molecule has 0 amide bonds. The van der Waals surface area contributed by atoms with Gasteiger partial charge in [0.05, 0.1) is 6.42 Å². The molecule has 156 valence electrons. The van der Waals surface area contributed by atoms with Crippen molar-refractivity contribution in [2.75, 3.05) is 0 Å². The Morgan fingerprint density at radius 2 is 1.62 bits per heavy atom. The Morgan fingerprint density at radius 1 is 1.03 bits per heavy atom. The Balaban J connectivity index is 1.88. The molecule has 0 spiro atoms. The summed E-state index contributed by atoms with van der Waals surface area (Å²) in [5.74, 6) is 0.463. The highest BCUT2D eigenvalue weighted by Crippen LogP contribution is 2.38. The number of rotatable bonds is 8. The minimum atomic E-state index is -0.448. The largest absolute Gasteiger partial charge is 0.460 e. The highest BCUT2D eigenvalue weighted by atomic mass is 16.6. The van der Waals surface area contributed by atoms with Gasteiger partial charge in [-0.25, -0.2) is 0 Å². The van der Waals surface area contributed by atoms with Crippen LogP contribution < -0.4 is 0 Å². The van der Waals surface area contributed by atoms with Crippen LogP contribution in [0.4, 0.5) is 0 Å². The highest BCUT2D eigenvalue weighted by molar-refractivity contribution is 5.70. The summed E-state index contributed by atoms with van der Waals surface area (Å²) in [5.41, 5.74) is 2.12. The van der Waals surface area contributed by atoms with Gasteiger partial charge < -0.3 is 4.74 Å². The van der Waals surface area contributed by atoms with Crippen LogP contribution in [0.25, 0.3) is 0 Å². The standard InChI is InChI=1S/C26H35NO2/c1-20(22-14-9-6-10-15-22)27(19-21-12-7-5-8-13-21)24(23-16-11-17-23)18-25(28)29-26(2,3)4/h5-10,12-15,20,23-24H,11,16-19H2,1-4H3/t20-,24+/m1/s1. The van der Waals surface area contributed by atoms with Gasteiger partial charge in [-0.2, -0.15) is 0 Å². The van der Waals surface area contributed by atoms with Gasteiger partial charge in [-0.15, -0.1) is 0 Å². The maximum atomic E-state index is 12.8. The van der Waals surface area contributed by atoms with Crippen molar-refractivity contribution in [1.82, 2.24) is 4.90 Å². The van der Waals surface area contributed by atoms with Crippen molar-refractivity contribution in [2.45, 2.75) is 77.6 Å². The quantitative estimate of drug-likeness (QED) is 0.504. The molecule has 2 atom stereocenters. The molecule has 0 bridgehead atoms. The van der Waals surface area contributed by atoms with Crippen LogP contribution in [0.5, 0.6) is 0 Å². The Bertz CT molecular complexity index is 762. The van der Waals surface area contributed by atoms with Gasteiger partial charge in [0.1, 0.15) is 5.60 Å². The smallest absolute Gasteiger partial charge is 0.307 e. The zero-order chi connectivity index (χ0) is 20.9. The van der Waals surface area contributed by atoms with Crippen LogP contribution in [0.15, 0.2) is 60.7 Å². The average molecular weight is 394 g/mol. The van der Waals surface area contributed by atoms with Crippen LogP contribution in [-0.4, -0.2) is 22.5 Å². The number of benzene rings is 2. The van der Waals surface area contributed by atoms with Crippen LogP contribution in [0.3, 0.4) is 0 Å². The van der Waals surface area contributed by atoms with Gasteiger partial charge in [-0.3, -0.25) is 9.69 Å². The fourth-order valence-corrected chi connectivity index (χ4v) is 4.19.